The van der Waals surface area contributed by atoms with Crippen molar-refractivity contribution < 1.29 is 9.59 Å². The smallest absolute Gasteiger partial charge is 0.236 e. The molecule has 0 atom stereocenters. The molecule has 0 N–H and O–H groups in total. The first kappa shape index (κ1) is 22.8. The fourth-order valence-electron chi connectivity index (χ4n) is 4.31. The van der Waals surface area contributed by atoms with Gasteiger partial charge in [-0.3, -0.25) is 14.5 Å². The van der Waals surface area contributed by atoms with Crippen LogP contribution in [0.2, 0.25) is 0 Å². The van der Waals surface area contributed by atoms with Crippen LogP contribution in [0, 0.1) is 6.92 Å². The van der Waals surface area contributed by atoms with Crippen molar-refractivity contribution in [3.63, 3.8) is 0 Å². The second-order valence-electron chi connectivity index (χ2n) is 8.45. The number of amides is 2. The lowest BCUT2D eigenvalue weighted by atomic mass is 10.1. The van der Waals surface area contributed by atoms with Crippen LogP contribution in [0.25, 0.3) is 11.4 Å². The molecule has 2 aromatic rings. The lowest BCUT2D eigenvalue weighted by Gasteiger charge is -2.35. The van der Waals surface area contributed by atoms with Crippen LogP contribution in [-0.4, -0.2) is 92.8 Å². The maximum atomic E-state index is 12.8. The summed E-state index contributed by atoms with van der Waals surface area (Å²) in [4.78, 5) is 31.2. The zero-order chi connectivity index (χ0) is 22.5. The molecule has 0 radical (unpaired) electrons. The average Bonchev–Trinajstić information content (AvgIpc) is 3.48. The molecule has 172 valence electrons. The van der Waals surface area contributed by atoms with Crippen molar-refractivity contribution in [3.05, 3.63) is 29.8 Å². The predicted octanol–water partition coefficient (Wildman–Crippen LogP) is 2.13. The highest BCUT2D eigenvalue weighted by molar-refractivity contribution is 7.99. The van der Waals surface area contributed by atoms with Crippen molar-refractivity contribution in [1.82, 2.24) is 29.5 Å². The van der Waals surface area contributed by atoms with E-state index in [0.717, 1.165) is 62.1 Å². The number of hydrogen-bond acceptors (Lipinski definition) is 6. The van der Waals surface area contributed by atoms with Crippen molar-refractivity contribution in [2.24, 2.45) is 0 Å². The van der Waals surface area contributed by atoms with Gasteiger partial charge in [0.2, 0.25) is 11.8 Å². The highest BCUT2D eigenvalue weighted by Crippen LogP contribution is 2.25. The van der Waals surface area contributed by atoms with Crippen LogP contribution in [0.3, 0.4) is 0 Å². The Kier molecular flexibility index (Phi) is 7.47. The van der Waals surface area contributed by atoms with Gasteiger partial charge in [0.1, 0.15) is 0 Å². The number of piperazine rings is 1. The fraction of sp³-hybridized carbons (Fsp3) is 0.565. The number of benzene rings is 1. The number of hydrogen-bond donors (Lipinski definition) is 0. The highest BCUT2D eigenvalue weighted by atomic mass is 32.2. The zero-order valence-corrected chi connectivity index (χ0v) is 19.8. The number of aromatic nitrogens is 3. The Morgan fingerprint density at radius 2 is 1.69 bits per heavy atom. The van der Waals surface area contributed by atoms with Gasteiger partial charge in [0.05, 0.1) is 12.3 Å². The highest BCUT2D eigenvalue weighted by Gasteiger charge is 2.25. The van der Waals surface area contributed by atoms with E-state index in [4.69, 9.17) is 0 Å². The third-order valence-corrected chi connectivity index (χ3v) is 7.13. The average molecular weight is 457 g/mol. The summed E-state index contributed by atoms with van der Waals surface area (Å²) in [6.45, 7) is 9.96. The molecular weight excluding hydrogens is 424 g/mol. The minimum absolute atomic E-state index is 0.114. The Labute approximate surface area is 194 Å². The van der Waals surface area contributed by atoms with Gasteiger partial charge in [-0.1, -0.05) is 35.5 Å². The number of carbonyl (C=O) groups is 2. The van der Waals surface area contributed by atoms with Gasteiger partial charge in [-0.25, -0.2) is 0 Å². The van der Waals surface area contributed by atoms with E-state index in [-0.39, 0.29) is 11.8 Å². The largest absolute Gasteiger partial charge is 0.342 e. The van der Waals surface area contributed by atoms with Crippen molar-refractivity contribution >= 4 is 23.6 Å². The molecule has 2 aliphatic rings. The number of likely N-dealkylation sites (tertiary alicyclic amines) is 1. The molecule has 0 unspecified atom stereocenters. The van der Waals surface area contributed by atoms with Crippen molar-refractivity contribution in [1.29, 1.82) is 0 Å². The van der Waals surface area contributed by atoms with Gasteiger partial charge in [-0.15, -0.1) is 10.2 Å². The zero-order valence-electron chi connectivity index (χ0n) is 19.0. The Bertz CT molecular complexity index is 948. The minimum atomic E-state index is 0.114. The van der Waals surface area contributed by atoms with Crippen molar-refractivity contribution in [3.8, 4) is 11.4 Å². The van der Waals surface area contributed by atoms with Crippen LogP contribution >= 0.6 is 11.8 Å². The van der Waals surface area contributed by atoms with Crippen molar-refractivity contribution in [2.75, 3.05) is 51.6 Å². The first-order valence-electron chi connectivity index (χ1n) is 11.5. The number of nitrogens with zero attached hydrogens (tertiary/aromatic N) is 6. The molecule has 2 aliphatic heterocycles. The summed E-state index contributed by atoms with van der Waals surface area (Å²) in [7, 11) is 0. The van der Waals surface area contributed by atoms with Gasteiger partial charge in [0, 0.05) is 51.4 Å². The van der Waals surface area contributed by atoms with E-state index in [1.807, 2.05) is 21.9 Å². The van der Waals surface area contributed by atoms with Gasteiger partial charge in [0.25, 0.3) is 0 Å². The molecule has 2 saturated heterocycles. The van der Waals surface area contributed by atoms with Gasteiger partial charge in [-0.2, -0.15) is 0 Å². The van der Waals surface area contributed by atoms with E-state index in [0.29, 0.717) is 25.4 Å². The third kappa shape index (κ3) is 5.32. The SMILES string of the molecule is CCn1c(SCC(=O)N2CCN(CC(=O)N3CCCC3)CC2)nnc1-c1cccc(C)c1. The normalized spacial score (nSPS) is 17.2. The maximum Gasteiger partial charge on any atom is 0.236 e. The summed E-state index contributed by atoms with van der Waals surface area (Å²) >= 11 is 1.45. The van der Waals surface area contributed by atoms with Gasteiger partial charge >= 0.3 is 0 Å². The summed E-state index contributed by atoms with van der Waals surface area (Å²) in [5.41, 5.74) is 2.22. The summed E-state index contributed by atoms with van der Waals surface area (Å²) in [6.07, 6.45) is 2.23. The molecule has 0 spiro atoms. The Morgan fingerprint density at radius 1 is 0.969 bits per heavy atom. The molecule has 3 heterocycles. The van der Waals surface area contributed by atoms with E-state index >= 15 is 0 Å². The lowest BCUT2D eigenvalue weighted by molar-refractivity contribution is -0.133. The molecule has 1 aromatic carbocycles. The van der Waals surface area contributed by atoms with Gasteiger partial charge < -0.3 is 14.4 Å². The molecular formula is C23H32N6O2S. The first-order chi connectivity index (χ1) is 15.5. The summed E-state index contributed by atoms with van der Waals surface area (Å²) in [5.74, 6) is 1.52. The van der Waals surface area contributed by atoms with Crippen molar-refractivity contribution in [2.45, 2.75) is 38.4 Å². The van der Waals surface area contributed by atoms with E-state index < -0.39 is 0 Å². The second-order valence-corrected chi connectivity index (χ2v) is 9.40. The summed E-state index contributed by atoms with van der Waals surface area (Å²) in [6, 6.07) is 8.22. The van der Waals surface area contributed by atoms with Crippen LogP contribution in [0.15, 0.2) is 29.4 Å². The molecule has 1 aromatic heterocycles. The van der Waals surface area contributed by atoms with E-state index in [1.165, 1.54) is 17.3 Å². The molecule has 2 fully saturated rings. The van der Waals surface area contributed by atoms with Gasteiger partial charge in [-0.05, 0) is 32.8 Å². The molecule has 0 aliphatic carbocycles. The topological polar surface area (TPSA) is 74.6 Å². The number of carbonyl (C=O) groups excluding carboxylic acids is 2. The van der Waals surface area contributed by atoms with E-state index in [1.54, 1.807) is 0 Å². The Hall–Kier alpha value is -2.39. The number of rotatable bonds is 7. The van der Waals surface area contributed by atoms with Crippen LogP contribution in [-0.2, 0) is 16.1 Å². The summed E-state index contributed by atoms with van der Waals surface area (Å²) in [5, 5.41) is 9.50. The first-order valence-corrected chi connectivity index (χ1v) is 12.4. The molecule has 0 saturated carbocycles. The lowest BCUT2D eigenvalue weighted by Crippen LogP contribution is -2.51. The van der Waals surface area contributed by atoms with E-state index in [9.17, 15) is 9.59 Å². The van der Waals surface area contributed by atoms with Gasteiger partial charge in [0.15, 0.2) is 11.0 Å². The molecule has 8 nitrogen and oxygen atoms in total. The fourth-order valence-corrected chi connectivity index (χ4v) is 5.21. The predicted molar refractivity (Wildman–Crippen MR) is 125 cm³/mol. The number of aryl methyl sites for hydroxylation is 1. The monoisotopic (exact) mass is 456 g/mol. The molecule has 4 rings (SSSR count). The molecule has 0 bridgehead atoms. The number of thioether (sulfide) groups is 1. The van der Waals surface area contributed by atoms with E-state index in [2.05, 4.69) is 45.6 Å². The molecule has 2 amide bonds. The molecule has 32 heavy (non-hydrogen) atoms. The van der Waals surface area contributed by atoms with Crippen LogP contribution in [0.4, 0.5) is 0 Å². The standard InChI is InChI=1S/C23H32N6O2S/c1-3-29-22(19-8-6-7-18(2)15-19)24-25-23(29)32-17-21(31)28-13-11-26(12-14-28)16-20(30)27-9-4-5-10-27/h6-8,15H,3-5,9-14,16-17H2,1-2H3. The summed E-state index contributed by atoms with van der Waals surface area (Å²) < 4.78 is 2.06. The van der Waals surface area contributed by atoms with Crippen LogP contribution in [0.5, 0.6) is 0 Å². The molecule has 9 heteroatoms. The van der Waals surface area contributed by atoms with Crippen LogP contribution < -0.4 is 0 Å². The minimum Gasteiger partial charge on any atom is -0.342 e. The Balaban J connectivity index is 1.28. The second kappa shape index (κ2) is 10.5. The third-order valence-electron chi connectivity index (χ3n) is 6.18. The quantitative estimate of drug-likeness (QED) is 0.595. The van der Waals surface area contributed by atoms with Crippen LogP contribution in [0.1, 0.15) is 25.3 Å². The maximum absolute atomic E-state index is 12.8. The Morgan fingerprint density at radius 3 is 2.38 bits per heavy atom.